The summed E-state index contributed by atoms with van der Waals surface area (Å²) in [5.41, 5.74) is -1.27. The van der Waals surface area contributed by atoms with Crippen LogP contribution in [0.1, 0.15) is 38.3 Å². The number of nitriles is 1. The highest BCUT2D eigenvalue weighted by Gasteiger charge is 2.42. The second kappa shape index (κ2) is 14.0. The van der Waals surface area contributed by atoms with Gasteiger partial charge in [0, 0.05) is 17.5 Å². The topological polar surface area (TPSA) is 136 Å². The van der Waals surface area contributed by atoms with Crippen LogP contribution in [0.5, 0.6) is 11.5 Å². The fourth-order valence-corrected chi connectivity index (χ4v) is 5.98. The summed E-state index contributed by atoms with van der Waals surface area (Å²) >= 11 is 0.605. The highest BCUT2D eigenvalue weighted by Crippen LogP contribution is 2.41. The zero-order valence-electron chi connectivity index (χ0n) is 25.2. The van der Waals surface area contributed by atoms with Crippen LogP contribution < -0.4 is 14.4 Å². The summed E-state index contributed by atoms with van der Waals surface area (Å²) in [4.78, 5) is 56.7. The number of imide groups is 1. The average Bonchev–Trinajstić information content (AvgIpc) is 3.37. The first-order valence-corrected chi connectivity index (χ1v) is 15.0. The Morgan fingerprint density at radius 1 is 0.958 bits per heavy atom. The van der Waals surface area contributed by atoms with Crippen molar-refractivity contribution in [1.82, 2.24) is 4.98 Å². The molecule has 3 aromatic carbocycles. The number of thioether (sulfide) groups is 1. The molecule has 5 rings (SSSR count). The molecule has 0 radical (unpaired) electrons. The maximum atomic E-state index is 14.0. The predicted octanol–water partition coefficient (Wildman–Crippen LogP) is 6.12. The lowest BCUT2D eigenvalue weighted by Gasteiger charge is -2.17. The maximum Gasteiger partial charge on any atom is 0.417 e. The molecule has 0 spiro atoms. The van der Waals surface area contributed by atoms with Crippen LogP contribution in [0.4, 0.5) is 18.9 Å². The number of rotatable bonds is 10. The highest BCUT2D eigenvalue weighted by molar-refractivity contribution is 8.00. The number of amides is 2. The van der Waals surface area contributed by atoms with Gasteiger partial charge in [-0.1, -0.05) is 42.1 Å². The normalized spacial score (nSPS) is 14.4. The lowest BCUT2D eigenvalue weighted by Crippen LogP contribution is -2.31. The number of aromatic nitrogens is 1. The Labute approximate surface area is 276 Å². The van der Waals surface area contributed by atoms with Crippen molar-refractivity contribution in [3.8, 4) is 28.8 Å². The van der Waals surface area contributed by atoms with Crippen LogP contribution in [-0.4, -0.2) is 54.6 Å². The van der Waals surface area contributed by atoms with Gasteiger partial charge in [0.2, 0.25) is 11.8 Å². The lowest BCUT2D eigenvalue weighted by molar-refractivity contribution is -0.138. The summed E-state index contributed by atoms with van der Waals surface area (Å²) < 4.78 is 57.4. The van der Waals surface area contributed by atoms with Crippen molar-refractivity contribution in [2.24, 2.45) is 0 Å². The Hall–Kier alpha value is -5.68. The zero-order valence-corrected chi connectivity index (χ0v) is 26.1. The molecule has 10 nitrogen and oxygen atoms in total. The van der Waals surface area contributed by atoms with E-state index in [1.165, 1.54) is 56.7 Å². The third-order valence-electron chi connectivity index (χ3n) is 7.23. The van der Waals surface area contributed by atoms with Gasteiger partial charge in [-0.15, -0.1) is 0 Å². The number of anilines is 1. The van der Waals surface area contributed by atoms with E-state index in [-0.39, 0.29) is 34.0 Å². The number of hydrogen-bond donors (Lipinski definition) is 0. The minimum atomic E-state index is -4.88. The van der Waals surface area contributed by atoms with E-state index in [0.717, 1.165) is 11.0 Å². The van der Waals surface area contributed by atoms with E-state index in [1.807, 2.05) is 0 Å². The Kier molecular flexibility index (Phi) is 9.81. The number of methoxy groups -OCH3 is 2. The van der Waals surface area contributed by atoms with Crippen LogP contribution in [-0.2, 0) is 20.5 Å². The number of carbonyl (C=O) groups is 4. The van der Waals surface area contributed by atoms with Crippen LogP contribution in [0.25, 0.3) is 11.3 Å². The molecule has 2 heterocycles. The van der Waals surface area contributed by atoms with Crippen molar-refractivity contribution in [3.05, 3.63) is 101 Å². The Balaban J connectivity index is 1.30. The van der Waals surface area contributed by atoms with E-state index in [4.69, 9.17) is 14.2 Å². The molecule has 48 heavy (non-hydrogen) atoms. The van der Waals surface area contributed by atoms with Gasteiger partial charge >= 0.3 is 12.1 Å². The van der Waals surface area contributed by atoms with Crippen molar-refractivity contribution < 1.29 is 46.6 Å². The first-order valence-electron chi connectivity index (χ1n) is 14.1. The van der Waals surface area contributed by atoms with Gasteiger partial charge in [0.15, 0.2) is 23.9 Å². The summed E-state index contributed by atoms with van der Waals surface area (Å²) in [7, 11) is 2.86. The molecular weight excluding hydrogens is 651 g/mol. The Morgan fingerprint density at radius 2 is 1.62 bits per heavy atom. The summed E-state index contributed by atoms with van der Waals surface area (Å²) in [6.07, 6.45) is -5.25. The number of nitrogens with zero attached hydrogens (tertiary/aromatic N) is 3. The van der Waals surface area contributed by atoms with Gasteiger partial charge in [-0.3, -0.25) is 14.4 Å². The fraction of sp³-hybridized carbons (Fsp3) is 0.176. The second-order valence-corrected chi connectivity index (χ2v) is 11.4. The largest absolute Gasteiger partial charge is 0.493 e. The molecule has 1 saturated heterocycles. The molecule has 0 aliphatic carbocycles. The third kappa shape index (κ3) is 7.01. The van der Waals surface area contributed by atoms with Crippen LogP contribution in [0.15, 0.2) is 83.9 Å². The van der Waals surface area contributed by atoms with Crippen molar-refractivity contribution in [3.63, 3.8) is 0 Å². The molecule has 244 valence electrons. The number of benzene rings is 3. The molecule has 1 unspecified atom stereocenters. The van der Waals surface area contributed by atoms with E-state index in [0.29, 0.717) is 28.8 Å². The Morgan fingerprint density at radius 3 is 2.25 bits per heavy atom. The summed E-state index contributed by atoms with van der Waals surface area (Å²) in [5, 5.41) is 8.15. The zero-order chi connectivity index (χ0) is 34.6. The van der Waals surface area contributed by atoms with Crippen molar-refractivity contribution in [2.75, 3.05) is 25.7 Å². The molecule has 0 N–H and O–H groups in total. The fourth-order valence-electron chi connectivity index (χ4n) is 4.85. The molecule has 0 bridgehead atoms. The van der Waals surface area contributed by atoms with E-state index in [2.05, 4.69) is 4.98 Å². The third-order valence-corrected chi connectivity index (χ3v) is 8.40. The molecule has 14 heteroatoms. The number of Topliss-reactive ketones (excluding diaryl/α,β-unsaturated/α-hetero) is 1. The molecule has 2 amide bonds. The number of carbonyl (C=O) groups excluding carboxylic acids is 4. The van der Waals surface area contributed by atoms with Gasteiger partial charge in [-0.25, -0.2) is 14.7 Å². The van der Waals surface area contributed by atoms with E-state index >= 15 is 0 Å². The van der Waals surface area contributed by atoms with Gasteiger partial charge in [0.1, 0.15) is 11.1 Å². The highest BCUT2D eigenvalue weighted by atomic mass is 32.2. The van der Waals surface area contributed by atoms with Crippen LogP contribution in [0, 0.1) is 11.3 Å². The SMILES string of the molecule is COc1ccc(C(=O)COC(=O)c2ccc(N3C(=O)CC(Sc4nc(-c5ccccc5)cc(C(F)(F)F)c4C#N)C3=O)cc2)cc1OC. The van der Waals surface area contributed by atoms with Gasteiger partial charge in [0.05, 0.1) is 47.5 Å². The minimum absolute atomic E-state index is 0.0316. The van der Waals surface area contributed by atoms with E-state index in [9.17, 15) is 37.6 Å². The minimum Gasteiger partial charge on any atom is -0.493 e. The first kappa shape index (κ1) is 33.7. The van der Waals surface area contributed by atoms with Gasteiger partial charge in [0.25, 0.3) is 0 Å². The predicted molar refractivity (Wildman–Crippen MR) is 167 cm³/mol. The van der Waals surface area contributed by atoms with E-state index in [1.54, 1.807) is 36.4 Å². The van der Waals surface area contributed by atoms with Crippen LogP contribution in [0.2, 0.25) is 0 Å². The molecule has 1 aliphatic heterocycles. The first-order chi connectivity index (χ1) is 22.9. The molecular formula is C34H24F3N3O7S. The Bertz CT molecular complexity index is 1940. The van der Waals surface area contributed by atoms with Gasteiger partial charge in [-0.05, 0) is 48.5 Å². The standard InChI is InChI=1S/C34H24F3N3O7S/c1-45-27-13-10-21(14-28(27)46-2)26(41)18-47-33(44)20-8-11-22(12-9-20)40-30(42)16-29(32(40)43)48-31-23(17-38)24(34(35,36)37)15-25(39-31)19-6-4-3-5-7-19/h3-15,29H,16,18H2,1-2H3. The average molecular weight is 676 g/mol. The molecule has 1 fully saturated rings. The molecule has 1 atom stereocenters. The number of alkyl halides is 3. The van der Waals surface area contributed by atoms with E-state index < -0.39 is 52.7 Å². The monoisotopic (exact) mass is 675 g/mol. The lowest BCUT2D eigenvalue weighted by atomic mass is 10.1. The maximum absolute atomic E-state index is 14.0. The molecule has 1 aliphatic rings. The second-order valence-electron chi connectivity index (χ2n) is 10.2. The van der Waals surface area contributed by atoms with Crippen LogP contribution >= 0.6 is 11.8 Å². The molecule has 4 aromatic rings. The smallest absolute Gasteiger partial charge is 0.417 e. The quantitative estimate of drug-likeness (QED) is 0.110. The van der Waals surface area contributed by atoms with Crippen LogP contribution in [0.3, 0.4) is 0 Å². The number of pyridine rings is 1. The van der Waals surface area contributed by atoms with Gasteiger partial charge < -0.3 is 14.2 Å². The number of halogens is 3. The molecule has 0 saturated carbocycles. The number of ketones is 1. The van der Waals surface area contributed by atoms with Gasteiger partial charge in [-0.2, -0.15) is 18.4 Å². The van der Waals surface area contributed by atoms with Crippen molar-refractivity contribution in [2.45, 2.75) is 22.9 Å². The van der Waals surface area contributed by atoms with Crippen molar-refractivity contribution >= 4 is 41.0 Å². The number of ether oxygens (including phenoxy) is 3. The van der Waals surface area contributed by atoms with Crippen molar-refractivity contribution in [1.29, 1.82) is 5.26 Å². The number of esters is 1. The summed E-state index contributed by atoms with van der Waals surface area (Å²) in [6, 6.07) is 20.1. The summed E-state index contributed by atoms with van der Waals surface area (Å²) in [5.74, 6) is -1.96. The molecule has 1 aromatic heterocycles. The number of hydrogen-bond acceptors (Lipinski definition) is 10. The summed E-state index contributed by atoms with van der Waals surface area (Å²) in [6.45, 7) is -0.571.